The van der Waals surface area contributed by atoms with Crippen molar-refractivity contribution >= 4 is 16.7 Å². The van der Waals surface area contributed by atoms with Gasteiger partial charge in [0.15, 0.2) is 11.6 Å². The molecule has 2 aromatic carbocycles. The Morgan fingerprint density at radius 3 is 2.65 bits per heavy atom. The Balaban J connectivity index is 1.81. The van der Waals surface area contributed by atoms with Crippen molar-refractivity contribution in [3.05, 3.63) is 59.4 Å². The highest BCUT2D eigenvalue weighted by molar-refractivity contribution is 5.75. The van der Waals surface area contributed by atoms with Crippen molar-refractivity contribution in [3.8, 4) is 0 Å². The zero-order valence-corrected chi connectivity index (χ0v) is 10.7. The topological polar surface area (TPSA) is 54.7 Å². The molecule has 0 fully saturated rings. The first-order valence-corrected chi connectivity index (χ1v) is 6.30. The van der Waals surface area contributed by atoms with Gasteiger partial charge in [0.2, 0.25) is 0 Å². The van der Waals surface area contributed by atoms with E-state index in [1.807, 2.05) is 24.3 Å². The number of hydrogen-bond donors (Lipinski definition) is 2. The van der Waals surface area contributed by atoms with E-state index in [9.17, 15) is 8.78 Å². The number of aryl methyl sites for hydroxylation is 2. The molecular formula is C15H13F2N3. The fourth-order valence-corrected chi connectivity index (χ4v) is 2.19. The number of imidazole rings is 1. The van der Waals surface area contributed by atoms with Gasteiger partial charge in [-0.05, 0) is 24.1 Å². The van der Waals surface area contributed by atoms with Crippen molar-refractivity contribution in [1.82, 2.24) is 9.97 Å². The van der Waals surface area contributed by atoms with Crippen LogP contribution in [0.3, 0.4) is 0 Å². The van der Waals surface area contributed by atoms with Gasteiger partial charge in [0, 0.05) is 24.2 Å². The minimum Gasteiger partial charge on any atom is -0.399 e. The number of aromatic amines is 1. The van der Waals surface area contributed by atoms with Crippen molar-refractivity contribution < 1.29 is 8.78 Å². The monoisotopic (exact) mass is 273 g/mol. The molecule has 3 nitrogen and oxygen atoms in total. The van der Waals surface area contributed by atoms with Gasteiger partial charge in [-0.15, -0.1) is 0 Å². The lowest BCUT2D eigenvalue weighted by molar-refractivity contribution is 0.510. The highest BCUT2D eigenvalue weighted by atomic mass is 19.2. The standard InChI is InChI=1S/C15H13F2N3/c16-11-7-13-14(8-12(11)17)20-15(19-13)5-4-9-2-1-3-10(18)6-9/h1-3,6-8H,4-5,18H2,(H,19,20). The van der Waals surface area contributed by atoms with Gasteiger partial charge < -0.3 is 10.7 Å². The fourth-order valence-electron chi connectivity index (χ4n) is 2.19. The minimum absolute atomic E-state index is 0.437. The van der Waals surface area contributed by atoms with E-state index >= 15 is 0 Å². The number of hydrogen-bond acceptors (Lipinski definition) is 2. The molecule has 3 aromatic rings. The molecule has 0 unspecified atom stereocenters. The number of fused-ring (bicyclic) bond motifs is 1. The molecule has 0 bridgehead atoms. The largest absolute Gasteiger partial charge is 0.399 e. The first-order valence-electron chi connectivity index (χ1n) is 6.30. The number of rotatable bonds is 3. The highest BCUT2D eigenvalue weighted by Gasteiger charge is 2.08. The number of nitrogens with one attached hydrogen (secondary N) is 1. The van der Waals surface area contributed by atoms with Crippen molar-refractivity contribution in [2.24, 2.45) is 0 Å². The molecule has 1 heterocycles. The SMILES string of the molecule is Nc1cccc(CCc2nc3cc(F)c(F)cc3[nH]2)c1. The number of halogens is 2. The van der Waals surface area contributed by atoms with Crippen LogP contribution in [0.2, 0.25) is 0 Å². The molecular weight excluding hydrogens is 260 g/mol. The Labute approximate surface area is 114 Å². The van der Waals surface area contributed by atoms with Crippen LogP contribution in [0.1, 0.15) is 11.4 Å². The summed E-state index contributed by atoms with van der Waals surface area (Å²) in [6.45, 7) is 0. The summed E-state index contributed by atoms with van der Waals surface area (Å²) in [6, 6.07) is 9.84. The smallest absolute Gasteiger partial charge is 0.161 e. The Kier molecular flexibility index (Phi) is 3.10. The second-order valence-electron chi connectivity index (χ2n) is 4.71. The Morgan fingerprint density at radius 2 is 1.85 bits per heavy atom. The number of nitrogen functional groups attached to an aromatic ring is 1. The summed E-state index contributed by atoms with van der Waals surface area (Å²) in [4.78, 5) is 7.26. The molecule has 0 saturated carbocycles. The maximum Gasteiger partial charge on any atom is 0.161 e. The second kappa shape index (κ2) is 4.92. The number of benzene rings is 2. The summed E-state index contributed by atoms with van der Waals surface area (Å²) in [6.07, 6.45) is 1.41. The molecule has 20 heavy (non-hydrogen) atoms. The van der Waals surface area contributed by atoms with Gasteiger partial charge in [-0.2, -0.15) is 0 Å². The molecule has 0 saturated heterocycles. The number of H-pyrrole nitrogens is 1. The normalized spacial score (nSPS) is 11.1. The summed E-state index contributed by atoms with van der Waals surface area (Å²) in [7, 11) is 0. The van der Waals surface area contributed by atoms with Gasteiger partial charge in [0.25, 0.3) is 0 Å². The van der Waals surface area contributed by atoms with E-state index in [2.05, 4.69) is 9.97 Å². The highest BCUT2D eigenvalue weighted by Crippen LogP contribution is 2.17. The molecule has 0 amide bonds. The van der Waals surface area contributed by atoms with E-state index in [1.165, 1.54) is 0 Å². The van der Waals surface area contributed by atoms with E-state index in [0.717, 1.165) is 29.8 Å². The number of nitrogens with zero attached hydrogens (tertiary/aromatic N) is 1. The van der Waals surface area contributed by atoms with Gasteiger partial charge >= 0.3 is 0 Å². The lowest BCUT2D eigenvalue weighted by Crippen LogP contribution is -1.94. The average Bonchev–Trinajstić information content (AvgIpc) is 2.79. The third kappa shape index (κ3) is 2.47. The molecule has 3 rings (SSSR count). The summed E-state index contributed by atoms with van der Waals surface area (Å²) in [5.74, 6) is -1.05. The number of aromatic nitrogens is 2. The lowest BCUT2D eigenvalue weighted by Gasteiger charge is -2.00. The third-order valence-corrected chi connectivity index (χ3v) is 3.17. The van der Waals surface area contributed by atoms with E-state index < -0.39 is 11.6 Å². The molecule has 5 heteroatoms. The second-order valence-corrected chi connectivity index (χ2v) is 4.71. The van der Waals surface area contributed by atoms with Gasteiger partial charge in [0.05, 0.1) is 11.0 Å². The molecule has 0 aliphatic heterocycles. The van der Waals surface area contributed by atoms with Crippen LogP contribution < -0.4 is 5.73 Å². The minimum atomic E-state index is -0.883. The summed E-state index contributed by atoms with van der Waals surface area (Å²) < 4.78 is 26.2. The van der Waals surface area contributed by atoms with Crippen LogP contribution in [0.25, 0.3) is 11.0 Å². The van der Waals surface area contributed by atoms with Crippen molar-refractivity contribution in [2.75, 3.05) is 5.73 Å². The van der Waals surface area contributed by atoms with Crippen LogP contribution in [-0.4, -0.2) is 9.97 Å². The van der Waals surface area contributed by atoms with Gasteiger partial charge in [-0.25, -0.2) is 13.8 Å². The van der Waals surface area contributed by atoms with Crippen molar-refractivity contribution in [2.45, 2.75) is 12.8 Å². The maximum absolute atomic E-state index is 13.1. The number of nitrogens with two attached hydrogens (primary N) is 1. The van der Waals surface area contributed by atoms with Crippen LogP contribution >= 0.6 is 0 Å². The van der Waals surface area contributed by atoms with Crippen LogP contribution in [0.15, 0.2) is 36.4 Å². The molecule has 0 atom stereocenters. The molecule has 1 aromatic heterocycles. The predicted molar refractivity (Wildman–Crippen MR) is 74.3 cm³/mol. The van der Waals surface area contributed by atoms with Crippen molar-refractivity contribution in [3.63, 3.8) is 0 Å². The maximum atomic E-state index is 13.1. The quantitative estimate of drug-likeness (QED) is 0.720. The Bertz CT molecular complexity index is 726. The Hall–Kier alpha value is -2.43. The van der Waals surface area contributed by atoms with Crippen molar-refractivity contribution in [1.29, 1.82) is 0 Å². The Morgan fingerprint density at radius 1 is 1.05 bits per heavy atom. The van der Waals surface area contributed by atoms with E-state index in [0.29, 0.717) is 23.3 Å². The molecule has 0 aliphatic carbocycles. The summed E-state index contributed by atoms with van der Waals surface area (Å²) in [5.41, 5.74) is 8.48. The molecule has 0 aliphatic rings. The fraction of sp³-hybridized carbons (Fsp3) is 0.133. The zero-order valence-electron chi connectivity index (χ0n) is 10.7. The van der Waals surface area contributed by atoms with Crippen LogP contribution in [-0.2, 0) is 12.8 Å². The van der Waals surface area contributed by atoms with Gasteiger partial charge in [-0.1, -0.05) is 12.1 Å². The molecule has 0 radical (unpaired) electrons. The first kappa shape index (κ1) is 12.6. The van der Waals surface area contributed by atoms with Gasteiger partial charge in [0.1, 0.15) is 5.82 Å². The molecule has 0 spiro atoms. The average molecular weight is 273 g/mol. The van der Waals surface area contributed by atoms with Crippen LogP contribution in [0.5, 0.6) is 0 Å². The zero-order chi connectivity index (χ0) is 14.1. The van der Waals surface area contributed by atoms with E-state index in [1.54, 1.807) is 0 Å². The van der Waals surface area contributed by atoms with Gasteiger partial charge in [-0.3, -0.25) is 0 Å². The lowest BCUT2D eigenvalue weighted by atomic mass is 10.1. The van der Waals surface area contributed by atoms with Crippen LogP contribution in [0, 0.1) is 11.6 Å². The van der Waals surface area contributed by atoms with E-state index in [4.69, 9.17) is 5.73 Å². The van der Waals surface area contributed by atoms with Crippen LogP contribution in [0.4, 0.5) is 14.5 Å². The number of anilines is 1. The summed E-state index contributed by atoms with van der Waals surface area (Å²) >= 11 is 0. The molecule has 102 valence electrons. The predicted octanol–water partition coefficient (Wildman–Crippen LogP) is 3.21. The molecule has 3 N–H and O–H groups in total. The third-order valence-electron chi connectivity index (χ3n) is 3.17. The first-order chi connectivity index (χ1) is 9.61. The van der Waals surface area contributed by atoms with E-state index in [-0.39, 0.29) is 0 Å². The summed E-state index contributed by atoms with van der Waals surface area (Å²) in [5, 5.41) is 0.